The van der Waals surface area contributed by atoms with Crippen molar-refractivity contribution in [1.29, 1.82) is 0 Å². The van der Waals surface area contributed by atoms with Gasteiger partial charge in [0, 0.05) is 6.26 Å². The molecule has 0 amide bonds. The lowest BCUT2D eigenvalue weighted by Gasteiger charge is -2.08. The summed E-state index contributed by atoms with van der Waals surface area (Å²) >= 11 is 0. The Bertz CT molecular complexity index is 431. The van der Waals surface area contributed by atoms with Crippen LogP contribution in [0.3, 0.4) is 0 Å². The van der Waals surface area contributed by atoms with E-state index in [0.29, 0.717) is 12.0 Å². The molecule has 0 heterocycles. The summed E-state index contributed by atoms with van der Waals surface area (Å²) in [7, 11) is -3.16. The molecule has 15 heavy (non-hydrogen) atoms. The summed E-state index contributed by atoms with van der Waals surface area (Å²) in [6, 6.07) is 6.23. The molecule has 82 valence electrons. The minimum absolute atomic E-state index is 0.261. The highest BCUT2D eigenvalue weighted by Crippen LogP contribution is 2.18. The van der Waals surface area contributed by atoms with E-state index in [9.17, 15) is 13.5 Å². The van der Waals surface area contributed by atoms with Gasteiger partial charge < -0.3 is 5.11 Å². The summed E-state index contributed by atoms with van der Waals surface area (Å²) < 4.78 is 22.3. The molecule has 1 atom stereocenters. The predicted molar refractivity (Wildman–Crippen MR) is 59.3 cm³/mol. The maximum Gasteiger partial charge on any atom is 0.175 e. The molecule has 1 unspecified atom stereocenters. The van der Waals surface area contributed by atoms with Crippen molar-refractivity contribution < 1.29 is 13.5 Å². The molecule has 0 spiro atoms. The molecule has 0 aliphatic heterocycles. The molecule has 0 radical (unpaired) electrons. The molecular weight excluding hydrogens is 212 g/mol. The highest BCUT2D eigenvalue weighted by molar-refractivity contribution is 7.90. The Morgan fingerprint density at radius 3 is 2.33 bits per heavy atom. The lowest BCUT2D eigenvalue weighted by atomic mass is 10.1. The van der Waals surface area contributed by atoms with Crippen LogP contribution in [0.25, 0.3) is 0 Å². The van der Waals surface area contributed by atoms with Crippen LogP contribution in [0.5, 0.6) is 0 Å². The van der Waals surface area contributed by atoms with Crippen molar-refractivity contribution >= 4 is 9.84 Å². The molecule has 0 bridgehead atoms. The average Bonchev–Trinajstić information content (AvgIpc) is 2.17. The van der Waals surface area contributed by atoms with Gasteiger partial charge in [0.2, 0.25) is 0 Å². The Labute approximate surface area is 90.0 Å². The van der Waals surface area contributed by atoms with Gasteiger partial charge >= 0.3 is 0 Å². The number of aliphatic hydroxyl groups is 1. The van der Waals surface area contributed by atoms with Crippen molar-refractivity contribution in [2.24, 2.45) is 0 Å². The zero-order valence-corrected chi connectivity index (χ0v) is 9.37. The monoisotopic (exact) mass is 226 g/mol. The quantitative estimate of drug-likeness (QED) is 0.795. The van der Waals surface area contributed by atoms with Crippen LogP contribution in [0, 0.1) is 0 Å². The smallest absolute Gasteiger partial charge is 0.175 e. The average molecular weight is 226 g/mol. The van der Waals surface area contributed by atoms with E-state index in [1.165, 1.54) is 12.1 Å². The van der Waals surface area contributed by atoms with E-state index in [2.05, 4.69) is 6.58 Å². The van der Waals surface area contributed by atoms with E-state index in [-0.39, 0.29) is 4.90 Å². The summed E-state index contributed by atoms with van der Waals surface area (Å²) in [5, 5.41) is 9.59. The highest BCUT2D eigenvalue weighted by atomic mass is 32.2. The molecule has 4 heteroatoms. The Hall–Kier alpha value is -1.13. The van der Waals surface area contributed by atoms with Crippen LogP contribution in [0.2, 0.25) is 0 Å². The third-order valence-corrected chi connectivity index (χ3v) is 3.21. The zero-order valence-electron chi connectivity index (χ0n) is 8.55. The number of rotatable bonds is 4. The maximum absolute atomic E-state index is 11.2. The Morgan fingerprint density at radius 1 is 1.40 bits per heavy atom. The third-order valence-electron chi connectivity index (χ3n) is 2.08. The van der Waals surface area contributed by atoms with Crippen molar-refractivity contribution in [2.75, 3.05) is 6.26 Å². The topological polar surface area (TPSA) is 54.4 Å². The molecule has 0 saturated carbocycles. The van der Waals surface area contributed by atoms with Crippen LogP contribution in [0.4, 0.5) is 0 Å². The van der Waals surface area contributed by atoms with Gasteiger partial charge in [-0.05, 0) is 24.1 Å². The first kappa shape index (κ1) is 11.9. The number of hydrogen-bond acceptors (Lipinski definition) is 3. The summed E-state index contributed by atoms with van der Waals surface area (Å²) in [5.74, 6) is 0. The van der Waals surface area contributed by atoms with E-state index in [4.69, 9.17) is 0 Å². The SMILES string of the molecule is C=CCC(O)c1ccc(S(C)(=O)=O)cc1. The minimum atomic E-state index is -3.16. The maximum atomic E-state index is 11.2. The van der Waals surface area contributed by atoms with Crippen LogP contribution in [0.15, 0.2) is 41.8 Å². The van der Waals surface area contributed by atoms with Gasteiger partial charge in [0.25, 0.3) is 0 Å². The lowest BCUT2D eigenvalue weighted by molar-refractivity contribution is 0.181. The first-order valence-electron chi connectivity index (χ1n) is 4.54. The first-order chi connectivity index (χ1) is 6.95. The van der Waals surface area contributed by atoms with Crippen LogP contribution in [0.1, 0.15) is 18.1 Å². The van der Waals surface area contributed by atoms with Gasteiger partial charge in [0.1, 0.15) is 0 Å². The molecule has 0 saturated heterocycles. The molecular formula is C11H14O3S. The summed E-state index contributed by atoms with van der Waals surface area (Å²) in [4.78, 5) is 0.261. The Morgan fingerprint density at radius 2 is 1.93 bits per heavy atom. The minimum Gasteiger partial charge on any atom is -0.388 e. The summed E-state index contributed by atoms with van der Waals surface area (Å²) in [6.07, 6.45) is 2.62. The summed E-state index contributed by atoms with van der Waals surface area (Å²) in [5.41, 5.74) is 0.697. The molecule has 1 N–H and O–H groups in total. The van der Waals surface area contributed by atoms with Gasteiger partial charge in [-0.2, -0.15) is 0 Å². The van der Waals surface area contributed by atoms with E-state index >= 15 is 0 Å². The summed E-state index contributed by atoms with van der Waals surface area (Å²) in [6.45, 7) is 3.53. The molecule has 1 rings (SSSR count). The lowest BCUT2D eigenvalue weighted by Crippen LogP contribution is -1.99. The molecule has 0 aliphatic carbocycles. The van der Waals surface area contributed by atoms with Gasteiger partial charge in [-0.1, -0.05) is 18.2 Å². The fourth-order valence-corrected chi connectivity index (χ4v) is 1.86. The van der Waals surface area contributed by atoms with Crippen molar-refractivity contribution in [3.63, 3.8) is 0 Å². The van der Waals surface area contributed by atoms with Crippen molar-refractivity contribution in [1.82, 2.24) is 0 Å². The van der Waals surface area contributed by atoms with Gasteiger partial charge in [0.15, 0.2) is 9.84 Å². The fourth-order valence-electron chi connectivity index (χ4n) is 1.23. The predicted octanol–water partition coefficient (Wildman–Crippen LogP) is 1.70. The van der Waals surface area contributed by atoms with Gasteiger partial charge in [-0.3, -0.25) is 0 Å². The second-order valence-corrected chi connectivity index (χ2v) is 5.40. The van der Waals surface area contributed by atoms with Gasteiger partial charge in [-0.15, -0.1) is 6.58 Å². The molecule has 0 fully saturated rings. The van der Waals surface area contributed by atoms with Crippen molar-refractivity contribution in [2.45, 2.75) is 17.4 Å². The molecule has 1 aromatic carbocycles. The number of hydrogen-bond donors (Lipinski definition) is 1. The Kier molecular flexibility index (Phi) is 3.66. The fraction of sp³-hybridized carbons (Fsp3) is 0.273. The second kappa shape index (κ2) is 4.59. The molecule has 0 aliphatic rings. The van der Waals surface area contributed by atoms with E-state index in [1.54, 1.807) is 18.2 Å². The van der Waals surface area contributed by atoms with Crippen LogP contribution >= 0.6 is 0 Å². The molecule has 0 aromatic heterocycles. The van der Waals surface area contributed by atoms with E-state index in [1.807, 2.05) is 0 Å². The van der Waals surface area contributed by atoms with Gasteiger partial charge in [-0.25, -0.2) is 8.42 Å². The van der Waals surface area contributed by atoms with Crippen LogP contribution in [-0.2, 0) is 9.84 Å². The highest BCUT2D eigenvalue weighted by Gasteiger charge is 2.09. The normalized spacial score (nSPS) is 13.5. The van der Waals surface area contributed by atoms with Gasteiger partial charge in [0.05, 0.1) is 11.0 Å². The largest absolute Gasteiger partial charge is 0.388 e. The molecule has 3 nitrogen and oxygen atoms in total. The third kappa shape index (κ3) is 3.18. The number of aliphatic hydroxyl groups excluding tert-OH is 1. The molecule has 1 aromatic rings. The van der Waals surface area contributed by atoms with Crippen LogP contribution in [-0.4, -0.2) is 19.8 Å². The second-order valence-electron chi connectivity index (χ2n) is 3.38. The van der Waals surface area contributed by atoms with E-state index in [0.717, 1.165) is 6.26 Å². The van der Waals surface area contributed by atoms with Crippen LogP contribution < -0.4 is 0 Å². The Balaban J connectivity index is 2.95. The first-order valence-corrected chi connectivity index (χ1v) is 6.43. The zero-order chi connectivity index (χ0) is 11.5. The van der Waals surface area contributed by atoms with E-state index < -0.39 is 15.9 Å². The standard InChI is InChI=1S/C11H14O3S/c1-3-4-11(12)9-5-7-10(8-6-9)15(2,13)14/h3,5-8,11-12H,1,4H2,2H3. The van der Waals surface area contributed by atoms with Crippen molar-refractivity contribution in [3.8, 4) is 0 Å². The van der Waals surface area contributed by atoms with Crippen molar-refractivity contribution in [3.05, 3.63) is 42.5 Å². The number of benzene rings is 1. The number of sulfone groups is 1.